The van der Waals surface area contributed by atoms with E-state index in [1.54, 1.807) is 12.3 Å². The third-order valence-corrected chi connectivity index (χ3v) is 4.53. The van der Waals surface area contributed by atoms with Crippen molar-refractivity contribution in [1.29, 1.82) is 0 Å². The number of pyridine rings is 1. The molecule has 0 aliphatic carbocycles. The molecule has 0 radical (unpaired) electrons. The van der Waals surface area contributed by atoms with Crippen molar-refractivity contribution in [1.82, 2.24) is 10.3 Å². The van der Waals surface area contributed by atoms with Gasteiger partial charge in [0.1, 0.15) is 5.82 Å². The fraction of sp³-hybridized carbons (Fsp3) is 0.333. The second-order valence-electron chi connectivity index (χ2n) is 5.72. The molecule has 1 saturated heterocycles. The number of aromatic nitrogens is 1. The first-order valence-corrected chi connectivity index (χ1v) is 8.78. The van der Waals surface area contributed by atoms with E-state index in [-0.39, 0.29) is 11.9 Å². The maximum absolute atomic E-state index is 12.8. The zero-order valence-corrected chi connectivity index (χ0v) is 15.1. The molecule has 1 unspecified atom stereocenters. The maximum atomic E-state index is 12.8. The topological polar surface area (TPSA) is 54.5 Å². The van der Waals surface area contributed by atoms with Gasteiger partial charge in [-0.1, -0.05) is 28.1 Å². The molecule has 24 heavy (non-hydrogen) atoms. The van der Waals surface area contributed by atoms with Crippen LogP contribution >= 0.6 is 15.9 Å². The van der Waals surface area contributed by atoms with Crippen LogP contribution in [0.4, 0.5) is 5.82 Å². The van der Waals surface area contributed by atoms with E-state index in [9.17, 15) is 4.79 Å². The number of hydrogen-bond acceptors (Lipinski definition) is 4. The van der Waals surface area contributed by atoms with Gasteiger partial charge in [-0.2, -0.15) is 0 Å². The Labute approximate surface area is 150 Å². The van der Waals surface area contributed by atoms with Crippen LogP contribution in [-0.2, 0) is 4.74 Å². The highest BCUT2D eigenvalue weighted by Gasteiger charge is 2.21. The second-order valence-corrected chi connectivity index (χ2v) is 6.64. The molecule has 2 heterocycles. The Morgan fingerprint density at radius 1 is 1.29 bits per heavy atom. The molecule has 1 amide bonds. The molecule has 1 aromatic heterocycles. The van der Waals surface area contributed by atoms with Crippen LogP contribution in [-0.4, -0.2) is 37.2 Å². The molecule has 6 heteroatoms. The third kappa shape index (κ3) is 3.94. The predicted molar refractivity (Wildman–Crippen MR) is 97.3 cm³/mol. The molecule has 0 spiro atoms. The largest absolute Gasteiger partial charge is 0.378 e. The van der Waals surface area contributed by atoms with Gasteiger partial charge in [0.15, 0.2) is 0 Å². The lowest BCUT2D eigenvalue weighted by Crippen LogP contribution is -2.38. The van der Waals surface area contributed by atoms with Crippen molar-refractivity contribution in [2.24, 2.45) is 0 Å². The number of carbonyl (C=O) groups is 1. The van der Waals surface area contributed by atoms with E-state index in [1.807, 2.05) is 37.3 Å². The van der Waals surface area contributed by atoms with Gasteiger partial charge >= 0.3 is 0 Å². The SMILES string of the molecule is CC(NC(=O)c1cccnc1N1CCOCC1)c1cccc(Br)c1. The molecule has 5 nitrogen and oxygen atoms in total. The summed E-state index contributed by atoms with van der Waals surface area (Å²) in [6.07, 6.45) is 1.72. The quantitative estimate of drug-likeness (QED) is 0.872. The molecule has 1 atom stereocenters. The number of amides is 1. The summed E-state index contributed by atoms with van der Waals surface area (Å²) in [6.45, 7) is 4.79. The molecule has 1 fully saturated rings. The number of halogens is 1. The third-order valence-electron chi connectivity index (χ3n) is 4.04. The lowest BCUT2D eigenvalue weighted by Gasteiger charge is -2.29. The Hall–Kier alpha value is -1.92. The summed E-state index contributed by atoms with van der Waals surface area (Å²) in [5.41, 5.74) is 1.65. The zero-order valence-electron chi connectivity index (χ0n) is 13.5. The average molecular weight is 390 g/mol. The minimum absolute atomic E-state index is 0.0901. The van der Waals surface area contributed by atoms with Crippen LogP contribution in [0.25, 0.3) is 0 Å². The highest BCUT2D eigenvalue weighted by atomic mass is 79.9. The zero-order chi connectivity index (χ0) is 16.9. The van der Waals surface area contributed by atoms with E-state index in [1.165, 1.54) is 0 Å². The molecule has 1 aromatic carbocycles. The summed E-state index contributed by atoms with van der Waals surface area (Å²) in [5, 5.41) is 3.06. The van der Waals surface area contributed by atoms with E-state index in [0.717, 1.165) is 28.9 Å². The molecule has 0 saturated carbocycles. The Kier molecular flexibility index (Phi) is 5.48. The second kappa shape index (κ2) is 7.77. The summed E-state index contributed by atoms with van der Waals surface area (Å²) in [6, 6.07) is 11.5. The van der Waals surface area contributed by atoms with E-state index < -0.39 is 0 Å². The van der Waals surface area contributed by atoms with Gasteiger partial charge < -0.3 is 15.0 Å². The van der Waals surface area contributed by atoms with Gasteiger partial charge in [-0.05, 0) is 36.8 Å². The molecular formula is C18H20BrN3O2. The molecule has 1 aliphatic heterocycles. The maximum Gasteiger partial charge on any atom is 0.255 e. The summed E-state index contributed by atoms with van der Waals surface area (Å²) in [7, 11) is 0. The Morgan fingerprint density at radius 3 is 2.83 bits per heavy atom. The Balaban J connectivity index is 1.77. The molecule has 2 aromatic rings. The lowest BCUT2D eigenvalue weighted by molar-refractivity contribution is 0.0938. The number of morpholine rings is 1. The number of nitrogens with zero attached hydrogens (tertiary/aromatic N) is 2. The number of ether oxygens (including phenoxy) is 1. The van der Waals surface area contributed by atoms with Crippen molar-refractivity contribution in [2.75, 3.05) is 31.2 Å². The lowest BCUT2D eigenvalue weighted by atomic mass is 10.1. The number of carbonyl (C=O) groups excluding carboxylic acids is 1. The van der Waals surface area contributed by atoms with Gasteiger partial charge in [-0.15, -0.1) is 0 Å². The smallest absolute Gasteiger partial charge is 0.255 e. The molecule has 0 bridgehead atoms. The summed E-state index contributed by atoms with van der Waals surface area (Å²) in [5.74, 6) is 0.608. The summed E-state index contributed by atoms with van der Waals surface area (Å²) >= 11 is 3.46. The Bertz CT molecular complexity index is 717. The first-order chi connectivity index (χ1) is 11.6. The number of benzene rings is 1. The van der Waals surface area contributed by atoms with E-state index in [4.69, 9.17) is 4.74 Å². The number of hydrogen-bond donors (Lipinski definition) is 1. The predicted octanol–water partition coefficient (Wildman–Crippen LogP) is 3.17. The van der Waals surface area contributed by atoms with Crippen molar-refractivity contribution in [2.45, 2.75) is 13.0 Å². The van der Waals surface area contributed by atoms with Crippen molar-refractivity contribution >= 4 is 27.7 Å². The molecular weight excluding hydrogens is 370 g/mol. The van der Waals surface area contributed by atoms with Crippen LogP contribution in [0.2, 0.25) is 0 Å². The van der Waals surface area contributed by atoms with Gasteiger partial charge in [0, 0.05) is 23.8 Å². The van der Waals surface area contributed by atoms with Crippen LogP contribution in [0.15, 0.2) is 47.1 Å². The fourth-order valence-corrected chi connectivity index (χ4v) is 3.15. The number of anilines is 1. The molecule has 3 rings (SSSR count). The molecule has 1 N–H and O–H groups in total. The monoisotopic (exact) mass is 389 g/mol. The van der Waals surface area contributed by atoms with Crippen LogP contribution in [0, 0.1) is 0 Å². The number of nitrogens with one attached hydrogen (secondary N) is 1. The minimum Gasteiger partial charge on any atom is -0.378 e. The van der Waals surface area contributed by atoms with Gasteiger partial charge in [0.2, 0.25) is 0 Å². The van der Waals surface area contributed by atoms with Crippen LogP contribution in [0.3, 0.4) is 0 Å². The van der Waals surface area contributed by atoms with Crippen LogP contribution in [0.1, 0.15) is 28.9 Å². The first kappa shape index (κ1) is 16.9. The fourth-order valence-electron chi connectivity index (χ4n) is 2.74. The van der Waals surface area contributed by atoms with E-state index in [0.29, 0.717) is 18.8 Å². The summed E-state index contributed by atoms with van der Waals surface area (Å²) < 4.78 is 6.38. The van der Waals surface area contributed by atoms with Gasteiger partial charge in [-0.3, -0.25) is 4.79 Å². The Morgan fingerprint density at radius 2 is 2.08 bits per heavy atom. The molecule has 126 valence electrons. The van der Waals surface area contributed by atoms with Crippen molar-refractivity contribution in [3.05, 3.63) is 58.2 Å². The van der Waals surface area contributed by atoms with Gasteiger partial charge in [-0.25, -0.2) is 4.98 Å². The average Bonchev–Trinajstić information content (AvgIpc) is 2.62. The van der Waals surface area contributed by atoms with Gasteiger partial charge in [0.05, 0.1) is 24.8 Å². The summed E-state index contributed by atoms with van der Waals surface area (Å²) in [4.78, 5) is 19.3. The van der Waals surface area contributed by atoms with Crippen molar-refractivity contribution < 1.29 is 9.53 Å². The van der Waals surface area contributed by atoms with E-state index in [2.05, 4.69) is 31.1 Å². The van der Waals surface area contributed by atoms with Crippen molar-refractivity contribution in [3.8, 4) is 0 Å². The van der Waals surface area contributed by atoms with E-state index >= 15 is 0 Å². The molecule has 1 aliphatic rings. The minimum atomic E-state index is -0.114. The highest BCUT2D eigenvalue weighted by Crippen LogP contribution is 2.21. The first-order valence-electron chi connectivity index (χ1n) is 7.99. The van der Waals surface area contributed by atoms with Crippen LogP contribution in [0.5, 0.6) is 0 Å². The standard InChI is InChI=1S/C18H20BrN3O2/c1-13(14-4-2-5-15(19)12-14)21-18(23)16-6-3-7-20-17(16)22-8-10-24-11-9-22/h2-7,12-13H,8-11H2,1H3,(H,21,23). The van der Waals surface area contributed by atoms with Gasteiger partial charge in [0.25, 0.3) is 5.91 Å². The van der Waals surface area contributed by atoms with Crippen molar-refractivity contribution in [3.63, 3.8) is 0 Å². The number of rotatable bonds is 4. The highest BCUT2D eigenvalue weighted by molar-refractivity contribution is 9.10. The van der Waals surface area contributed by atoms with Crippen LogP contribution < -0.4 is 10.2 Å². The normalized spacial score (nSPS) is 15.8.